The van der Waals surface area contributed by atoms with Gasteiger partial charge in [-0.2, -0.15) is 0 Å². The second-order valence-corrected chi connectivity index (χ2v) is 2.90. The Morgan fingerprint density at radius 1 is 1.50 bits per heavy atom. The van der Waals surface area contributed by atoms with E-state index in [1.165, 1.54) is 25.3 Å². The third-order valence-electron chi connectivity index (χ3n) is 1.79. The van der Waals surface area contributed by atoms with Crippen molar-refractivity contribution in [3.05, 3.63) is 24.1 Å². The molecule has 2 nitrogen and oxygen atoms in total. The summed E-state index contributed by atoms with van der Waals surface area (Å²) in [6, 6.07) is 2.57. The number of hydrogen-bond donors (Lipinski definition) is 1. The topological polar surface area (TPSA) is 24.9 Å². The van der Waals surface area contributed by atoms with Crippen LogP contribution in [-0.4, -0.2) is 17.5 Å². The molecule has 14 heavy (non-hydrogen) atoms. The van der Waals surface area contributed by atoms with Gasteiger partial charge in [-0.15, -0.1) is 0 Å². The average Bonchev–Trinajstić information content (AvgIpc) is 2.17. The van der Waals surface area contributed by atoms with E-state index >= 15 is 0 Å². The molecular formula is C9H11F3N2. The Kier molecular flexibility index (Phi) is 3.33. The quantitative estimate of drug-likeness (QED) is 0.815. The molecule has 1 aromatic rings. The Morgan fingerprint density at radius 2 is 2.21 bits per heavy atom. The Labute approximate surface area is 80.2 Å². The van der Waals surface area contributed by atoms with Crippen LogP contribution in [0.15, 0.2) is 18.3 Å². The van der Waals surface area contributed by atoms with Crippen molar-refractivity contribution in [2.75, 3.05) is 11.9 Å². The number of anilines is 1. The second-order valence-electron chi connectivity index (χ2n) is 2.90. The molecule has 1 heterocycles. The van der Waals surface area contributed by atoms with Crippen molar-refractivity contribution in [1.82, 2.24) is 4.98 Å². The minimum absolute atomic E-state index is 0.138. The van der Waals surface area contributed by atoms with E-state index in [4.69, 9.17) is 0 Å². The highest BCUT2D eigenvalue weighted by Crippen LogP contribution is 2.18. The third-order valence-corrected chi connectivity index (χ3v) is 1.79. The zero-order valence-electron chi connectivity index (χ0n) is 7.73. The zero-order chi connectivity index (χ0) is 10.6. The SMILES string of the molecule is CCC(F)(F)CNc1ncccc1F. The number of nitrogens with zero attached hydrogens (tertiary/aromatic N) is 1. The molecule has 0 aliphatic carbocycles. The van der Waals surface area contributed by atoms with Gasteiger partial charge in [0.2, 0.25) is 0 Å². The van der Waals surface area contributed by atoms with Crippen molar-refractivity contribution in [2.24, 2.45) is 0 Å². The predicted octanol–water partition coefficient (Wildman–Crippen LogP) is 2.68. The van der Waals surface area contributed by atoms with Gasteiger partial charge in [0, 0.05) is 12.6 Å². The molecule has 0 saturated carbocycles. The molecule has 0 saturated heterocycles. The van der Waals surface area contributed by atoms with Crippen molar-refractivity contribution >= 4 is 5.82 Å². The van der Waals surface area contributed by atoms with Gasteiger partial charge < -0.3 is 5.32 Å². The van der Waals surface area contributed by atoms with E-state index in [9.17, 15) is 13.2 Å². The van der Waals surface area contributed by atoms with Crippen LogP contribution < -0.4 is 5.32 Å². The van der Waals surface area contributed by atoms with E-state index in [1.807, 2.05) is 0 Å². The molecule has 1 rings (SSSR count). The van der Waals surface area contributed by atoms with Crippen molar-refractivity contribution in [3.63, 3.8) is 0 Å². The molecular weight excluding hydrogens is 193 g/mol. The Morgan fingerprint density at radius 3 is 2.79 bits per heavy atom. The molecule has 0 amide bonds. The summed E-state index contributed by atoms with van der Waals surface area (Å²) in [6.45, 7) is 0.772. The summed E-state index contributed by atoms with van der Waals surface area (Å²) in [5, 5.41) is 2.27. The monoisotopic (exact) mass is 204 g/mol. The maximum atomic E-state index is 12.9. The summed E-state index contributed by atoms with van der Waals surface area (Å²) < 4.78 is 38.4. The van der Waals surface area contributed by atoms with Crippen LogP contribution in [0.2, 0.25) is 0 Å². The van der Waals surface area contributed by atoms with Gasteiger partial charge >= 0.3 is 0 Å². The first-order valence-corrected chi connectivity index (χ1v) is 4.27. The first-order valence-electron chi connectivity index (χ1n) is 4.27. The number of hydrogen-bond acceptors (Lipinski definition) is 2. The maximum absolute atomic E-state index is 12.9. The lowest BCUT2D eigenvalue weighted by molar-refractivity contribution is 0.0114. The molecule has 0 bridgehead atoms. The van der Waals surface area contributed by atoms with Crippen LogP contribution in [-0.2, 0) is 0 Å². The van der Waals surface area contributed by atoms with Gasteiger partial charge in [-0.1, -0.05) is 6.92 Å². The van der Waals surface area contributed by atoms with E-state index in [0.29, 0.717) is 0 Å². The average molecular weight is 204 g/mol. The van der Waals surface area contributed by atoms with Crippen LogP contribution in [0.1, 0.15) is 13.3 Å². The third kappa shape index (κ3) is 2.90. The lowest BCUT2D eigenvalue weighted by Gasteiger charge is -2.14. The lowest BCUT2D eigenvalue weighted by atomic mass is 10.2. The largest absolute Gasteiger partial charge is 0.362 e. The molecule has 0 fully saturated rings. The van der Waals surface area contributed by atoms with Gasteiger partial charge in [0.05, 0.1) is 6.54 Å². The van der Waals surface area contributed by atoms with Crippen molar-refractivity contribution in [3.8, 4) is 0 Å². The van der Waals surface area contributed by atoms with Gasteiger partial charge in [-0.3, -0.25) is 0 Å². The molecule has 0 aromatic carbocycles. The summed E-state index contributed by atoms with van der Waals surface area (Å²) in [6.07, 6.45) is 1.06. The fourth-order valence-corrected chi connectivity index (χ4v) is 0.854. The minimum atomic E-state index is -2.83. The number of alkyl halides is 2. The fraction of sp³-hybridized carbons (Fsp3) is 0.444. The maximum Gasteiger partial charge on any atom is 0.264 e. The van der Waals surface area contributed by atoms with E-state index in [2.05, 4.69) is 10.3 Å². The summed E-state index contributed by atoms with van der Waals surface area (Å²) >= 11 is 0. The van der Waals surface area contributed by atoms with Crippen molar-refractivity contribution in [2.45, 2.75) is 19.3 Å². The summed E-state index contributed by atoms with van der Waals surface area (Å²) in [5.41, 5.74) is 0. The predicted molar refractivity (Wildman–Crippen MR) is 47.9 cm³/mol. The zero-order valence-corrected chi connectivity index (χ0v) is 7.73. The second kappa shape index (κ2) is 4.30. The lowest BCUT2D eigenvalue weighted by Crippen LogP contribution is -2.26. The highest BCUT2D eigenvalue weighted by Gasteiger charge is 2.26. The number of nitrogens with one attached hydrogen (secondary N) is 1. The number of rotatable bonds is 4. The molecule has 0 unspecified atom stereocenters. The molecule has 1 N–H and O–H groups in total. The van der Waals surface area contributed by atoms with Crippen molar-refractivity contribution < 1.29 is 13.2 Å². The first kappa shape index (κ1) is 10.8. The fourth-order valence-electron chi connectivity index (χ4n) is 0.854. The highest BCUT2D eigenvalue weighted by molar-refractivity contribution is 5.35. The summed E-state index contributed by atoms with van der Waals surface area (Å²) in [5.74, 6) is -3.59. The Bertz CT molecular complexity index is 302. The van der Waals surface area contributed by atoms with Crippen LogP contribution in [0.4, 0.5) is 19.0 Å². The normalized spacial score (nSPS) is 11.4. The van der Waals surface area contributed by atoms with E-state index in [-0.39, 0.29) is 12.2 Å². The molecule has 1 aromatic heterocycles. The van der Waals surface area contributed by atoms with E-state index in [1.54, 1.807) is 0 Å². The van der Waals surface area contributed by atoms with Crippen LogP contribution in [0, 0.1) is 5.82 Å². The molecule has 78 valence electrons. The highest BCUT2D eigenvalue weighted by atomic mass is 19.3. The van der Waals surface area contributed by atoms with Crippen LogP contribution in [0.5, 0.6) is 0 Å². The molecule has 0 aliphatic rings. The molecule has 5 heteroatoms. The minimum Gasteiger partial charge on any atom is -0.362 e. The summed E-state index contributed by atoms with van der Waals surface area (Å²) in [7, 11) is 0. The van der Waals surface area contributed by atoms with Crippen LogP contribution in [0.3, 0.4) is 0 Å². The number of halogens is 3. The Balaban J connectivity index is 2.58. The Hall–Kier alpha value is -1.26. The van der Waals surface area contributed by atoms with Gasteiger partial charge in [-0.05, 0) is 12.1 Å². The smallest absolute Gasteiger partial charge is 0.264 e. The van der Waals surface area contributed by atoms with E-state index in [0.717, 1.165) is 0 Å². The molecule has 0 radical (unpaired) electrons. The molecule has 0 atom stereocenters. The summed E-state index contributed by atoms with van der Waals surface area (Å²) in [4.78, 5) is 3.60. The van der Waals surface area contributed by atoms with Gasteiger partial charge in [0.25, 0.3) is 5.92 Å². The van der Waals surface area contributed by atoms with Gasteiger partial charge in [0.15, 0.2) is 11.6 Å². The first-order chi connectivity index (χ1) is 6.55. The molecule has 0 aliphatic heterocycles. The van der Waals surface area contributed by atoms with E-state index < -0.39 is 18.3 Å². The number of aromatic nitrogens is 1. The molecule has 0 spiro atoms. The van der Waals surface area contributed by atoms with Crippen LogP contribution >= 0.6 is 0 Å². The van der Waals surface area contributed by atoms with Crippen LogP contribution in [0.25, 0.3) is 0 Å². The standard InChI is InChI=1S/C9H11F3N2/c1-2-9(11,12)6-14-8-7(10)4-3-5-13-8/h3-5H,2,6H2,1H3,(H,13,14). The van der Waals surface area contributed by atoms with Gasteiger partial charge in [-0.25, -0.2) is 18.2 Å². The number of pyridine rings is 1. The van der Waals surface area contributed by atoms with Crippen molar-refractivity contribution in [1.29, 1.82) is 0 Å². The van der Waals surface area contributed by atoms with Gasteiger partial charge in [0.1, 0.15) is 0 Å².